The van der Waals surface area contributed by atoms with Gasteiger partial charge in [0, 0.05) is 39.5 Å². The maximum absolute atomic E-state index is 13.6. The number of nitro groups is 2. The van der Waals surface area contributed by atoms with Gasteiger partial charge in [0.25, 0.3) is 29.1 Å². The fourth-order valence-electron chi connectivity index (χ4n) is 5.60. The summed E-state index contributed by atoms with van der Waals surface area (Å²) in [6.07, 6.45) is 0.716. The van der Waals surface area contributed by atoms with Crippen LogP contribution in [0.15, 0.2) is 48.5 Å². The third kappa shape index (κ3) is 3.81. The third-order valence-corrected chi connectivity index (χ3v) is 10.4. The quantitative estimate of drug-likeness (QED) is 0.206. The number of nitrogens with zero attached hydrogens (tertiary/aromatic N) is 4. The largest absolute Gasteiger partial charge is 0.273 e. The molecule has 0 spiro atoms. The molecule has 1 heterocycles. The van der Waals surface area contributed by atoms with Gasteiger partial charge in [-0.25, -0.2) is 5.01 Å². The lowest BCUT2D eigenvalue weighted by molar-refractivity contribution is -0.385. The van der Waals surface area contributed by atoms with Crippen LogP contribution in [0, 0.1) is 43.9 Å². The number of hydrogen-bond acceptors (Lipinski definition) is 7. The number of imide groups is 1. The van der Waals surface area contributed by atoms with Crippen molar-refractivity contribution in [2.24, 2.45) is 23.7 Å². The van der Waals surface area contributed by atoms with Crippen LogP contribution in [0.1, 0.15) is 22.3 Å². The van der Waals surface area contributed by atoms with Gasteiger partial charge in [-0.1, -0.05) is 50.1 Å². The molecule has 2 aromatic rings. The predicted octanol–water partition coefficient (Wildman–Crippen LogP) is 3.84. The Hall–Kier alpha value is -3.19. The van der Waals surface area contributed by atoms with Crippen molar-refractivity contribution in [1.29, 1.82) is 0 Å². The highest BCUT2D eigenvalue weighted by atomic mass is 79.9. The summed E-state index contributed by atoms with van der Waals surface area (Å²) in [6, 6.07) is 10.4. The first-order chi connectivity index (χ1) is 17.1. The molecule has 2 bridgehead atoms. The maximum atomic E-state index is 13.6. The van der Waals surface area contributed by atoms with E-state index in [1.807, 2.05) is 0 Å². The van der Waals surface area contributed by atoms with E-state index < -0.39 is 39.4 Å². The van der Waals surface area contributed by atoms with Crippen LogP contribution in [-0.2, 0) is 16.1 Å². The number of non-ortho nitro benzene ring substituents is 2. The fraction of sp³-hybridized carbons (Fsp3) is 0.348. The van der Waals surface area contributed by atoms with E-state index in [4.69, 9.17) is 0 Å². The van der Waals surface area contributed by atoms with Gasteiger partial charge in [0.05, 0.1) is 28.2 Å². The van der Waals surface area contributed by atoms with Crippen LogP contribution in [0.4, 0.5) is 11.4 Å². The van der Waals surface area contributed by atoms with E-state index in [9.17, 15) is 34.6 Å². The Morgan fingerprint density at radius 3 is 2.00 bits per heavy atom. The minimum absolute atomic E-state index is 0.0102. The molecule has 36 heavy (non-hydrogen) atoms. The first-order valence-electron chi connectivity index (χ1n) is 11.1. The average Bonchev–Trinajstić information content (AvgIpc) is 3.47. The highest BCUT2D eigenvalue weighted by Crippen LogP contribution is 2.60. The van der Waals surface area contributed by atoms with E-state index in [0.717, 1.165) is 16.1 Å². The van der Waals surface area contributed by atoms with Crippen molar-refractivity contribution in [1.82, 2.24) is 10.0 Å². The van der Waals surface area contributed by atoms with E-state index >= 15 is 0 Å². The van der Waals surface area contributed by atoms with Crippen LogP contribution in [0.3, 0.4) is 0 Å². The fourth-order valence-corrected chi connectivity index (χ4v) is 7.48. The average molecular weight is 622 g/mol. The molecule has 2 aliphatic carbocycles. The Kier molecular flexibility index (Phi) is 6.15. The first-order valence-corrected chi connectivity index (χ1v) is 12.9. The topological polar surface area (TPSA) is 144 Å². The van der Waals surface area contributed by atoms with Gasteiger partial charge in [0.15, 0.2) is 0 Å². The third-order valence-electron chi connectivity index (χ3n) is 7.22. The Morgan fingerprint density at radius 2 is 1.47 bits per heavy atom. The molecule has 3 fully saturated rings. The van der Waals surface area contributed by atoms with Crippen molar-refractivity contribution in [2.45, 2.75) is 22.6 Å². The second-order valence-corrected chi connectivity index (χ2v) is 11.2. The Balaban J connectivity index is 1.53. The van der Waals surface area contributed by atoms with Crippen LogP contribution in [0.25, 0.3) is 0 Å². The molecule has 2 aromatic carbocycles. The molecule has 5 rings (SSSR count). The standard InChI is InChI=1S/C23H18Br2N4O7/c24-19-15-9-16(20(19)25)18-17(15)22(31)27(23(18)32)26(10-11-4-6-13(7-5-11)28(33)34)21(30)12-2-1-3-14(8-12)29(35)36/h1-8,15-20H,9-10H2/t15-,16-,17-,18+,19-,20+/m1/s1. The van der Waals surface area contributed by atoms with Crippen molar-refractivity contribution < 1.29 is 24.2 Å². The van der Waals surface area contributed by atoms with Crippen LogP contribution in [0.5, 0.6) is 0 Å². The number of benzene rings is 2. The smallest absolute Gasteiger partial charge is 0.272 e. The summed E-state index contributed by atoms with van der Waals surface area (Å²) in [5, 5.41) is 24.1. The van der Waals surface area contributed by atoms with E-state index in [0.29, 0.717) is 12.0 Å². The van der Waals surface area contributed by atoms with Crippen LogP contribution in [-0.4, -0.2) is 47.2 Å². The molecular formula is C23H18Br2N4O7. The zero-order valence-corrected chi connectivity index (χ0v) is 21.6. The first kappa shape index (κ1) is 24.5. The maximum Gasteiger partial charge on any atom is 0.273 e. The summed E-state index contributed by atoms with van der Waals surface area (Å²) >= 11 is 7.27. The highest BCUT2D eigenvalue weighted by molar-refractivity contribution is 9.12. The molecule has 13 heteroatoms. The number of carbonyl (C=O) groups is 3. The summed E-state index contributed by atoms with van der Waals surface area (Å²) in [7, 11) is 0. The van der Waals surface area contributed by atoms with Crippen molar-refractivity contribution in [3.05, 3.63) is 79.9 Å². The van der Waals surface area contributed by atoms with Gasteiger partial charge in [-0.2, -0.15) is 5.01 Å². The van der Waals surface area contributed by atoms with Gasteiger partial charge >= 0.3 is 0 Å². The molecule has 0 unspecified atom stereocenters. The molecule has 0 radical (unpaired) electrons. The van der Waals surface area contributed by atoms with Crippen molar-refractivity contribution in [3.63, 3.8) is 0 Å². The minimum Gasteiger partial charge on any atom is -0.272 e. The number of nitro benzene ring substituents is 2. The molecule has 1 saturated heterocycles. The number of alkyl halides is 2. The molecule has 6 atom stereocenters. The van der Waals surface area contributed by atoms with Gasteiger partial charge in [-0.3, -0.25) is 34.6 Å². The predicted molar refractivity (Wildman–Crippen MR) is 132 cm³/mol. The van der Waals surface area contributed by atoms with Gasteiger partial charge in [0.2, 0.25) is 0 Å². The van der Waals surface area contributed by atoms with E-state index in [1.165, 1.54) is 42.5 Å². The lowest BCUT2D eigenvalue weighted by Gasteiger charge is -2.31. The van der Waals surface area contributed by atoms with E-state index in [2.05, 4.69) is 31.9 Å². The molecule has 0 N–H and O–H groups in total. The number of hydrazine groups is 1. The number of fused-ring (bicyclic) bond motifs is 5. The lowest BCUT2D eigenvalue weighted by Crippen LogP contribution is -2.50. The van der Waals surface area contributed by atoms with E-state index in [-0.39, 0.29) is 45.0 Å². The second kappa shape index (κ2) is 9.04. The highest BCUT2D eigenvalue weighted by Gasteiger charge is 2.67. The lowest BCUT2D eigenvalue weighted by atomic mass is 9.81. The van der Waals surface area contributed by atoms with E-state index in [1.54, 1.807) is 0 Å². The van der Waals surface area contributed by atoms with Gasteiger partial charge in [0.1, 0.15) is 0 Å². The van der Waals surface area contributed by atoms with Crippen LogP contribution in [0.2, 0.25) is 0 Å². The van der Waals surface area contributed by atoms with Crippen molar-refractivity contribution in [3.8, 4) is 0 Å². The number of halogens is 2. The molecule has 1 aliphatic heterocycles. The summed E-state index contributed by atoms with van der Waals surface area (Å²) in [5.41, 5.74) is -0.0870. The zero-order valence-electron chi connectivity index (χ0n) is 18.4. The monoisotopic (exact) mass is 620 g/mol. The summed E-state index contributed by atoms with van der Waals surface area (Å²) in [5.74, 6) is -3.02. The number of rotatable bonds is 6. The van der Waals surface area contributed by atoms with Crippen molar-refractivity contribution >= 4 is 61.0 Å². The number of hydrogen-bond donors (Lipinski definition) is 0. The zero-order chi connectivity index (χ0) is 25.9. The molecular weight excluding hydrogens is 604 g/mol. The molecule has 186 valence electrons. The molecule has 3 amide bonds. The Bertz CT molecular complexity index is 1270. The number of carbonyl (C=O) groups excluding carboxylic acids is 3. The normalized spacial score (nSPS) is 28.3. The van der Waals surface area contributed by atoms with Gasteiger partial charge < -0.3 is 0 Å². The Morgan fingerprint density at radius 1 is 0.917 bits per heavy atom. The SMILES string of the molecule is O=C(c1cccc([N+](=O)[O-])c1)N(Cc1ccc([N+](=O)[O-])cc1)N1C(=O)[C@@H]2[C@H]3C[C@@H]([C@H](Br)[C@@H]3Br)[C@@H]2C1=O. The molecule has 0 aromatic heterocycles. The summed E-state index contributed by atoms with van der Waals surface area (Å²) in [6.45, 7) is -0.235. The molecule has 3 aliphatic rings. The summed E-state index contributed by atoms with van der Waals surface area (Å²) in [4.78, 5) is 61.9. The second-order valence-electron chi connectivity index (χ2n) is 9.09. The number of amides is 3. The molecule has 2 saturated carbocycles. The van der Waals surface area contributed by atoms with Gasteiger partial charge in [-0.05, 0) is 29.9 Å². The Labute approximate surface area is 221 Å². The minimum atomic E-state index is -0.767. The van der Waals surface area contributed by atoms with Crippen LogP contribution >= 0.6 is 31.9 Å². The molecule has 11 nitrogen and oxygen atoms in total. The van der Waals surface area contributed by atoms with Gasteiger partial charge in [-0.15, -0.1) is 0 Å². The summed E-state index contributed by atoms with van der Waals surface area (Å²) < 4.78 is 0. The van der Waals surface area contributed by atoms with Crippen LogP contribution < -0.4 is 0 Å². The van der Waals surface area contributed by atoms with Crippen molar-refractivity contribution in [2.75, 3.05) is 0 Å².